The molecule has 0 atom stereocenters. The largest absolute Gasteiger partial charge is 2.00 e. The fourth-order valence-electron chi connectivity index (χ4n) is 0. The van der Waals surface area contributed by atoms with Crippen LogP contribution in [0.4, 0.5) is 0 Å². The summed E-state index contributed by atoms with van der Waals surface area (Å²) in [5.41, 5.74) is 0. The second-order valence-electron chi connectivity index (χ2n) is 0.600. The zero-order chi connectivity index (χ0) is 4.50. The molecule has 0 aromatic rings. The van der Waals surface area contributed by atoms with Gasteiger partial charge in [0.2, 0.25) is 0 Å². The van der Waals surface area contributed by atoms with E-state index in [0.717, 1.165) is 0 Å². The van der Waals surface area contributed by atoms with Gasteiger partial charge in [-0.25, -0.2) is 0 Å². The maximum absolute atomic E-state index is 7.33. The van der Waals surface area contributed by atoms with Crippen molar-refractivity contribution in [3.63, 3.8) is 0 Å². The van der Waals surface area contributed by atoms with Crippen LogP contribution in [-0.2, 0) is 17.1 Å². The summed E-state index contributed by atoms with van der Waals surface area (Å²) in [5, 5.41) is 0. The molecule has 0 aromatic heterocycles. The zero-order valence-electron chi connectivity index (χ0n) is 7.85. The van der Waals surface area contributed by atoms with Crippen molar-refractivity contribution in [3.8, 4) is 0 Å². The summed E-state index contributed by atoms with van der Waals surface area (Å²) < 4.78 is 0. The summed E-state index contributed by atoms with van der Waals surface area (Å²) >= 11 is 0. The number of hydrogen-bond acceptors (Lipinski definition) is 4. The van der Waals surface area contributed by atoms with Gasteiger partial charge in [-0.15, -0.1) is 0 Å². The summed E-state index contributed by atoms with van der Waals surface area (Å²) in [6, 6.07) is 0. The molecule has 0 amide bonds. The van der Waals surface area contributed by atoms with E-state index in [-0.39, 0.29) is 119 Å². The van der Waals surface area contributed by atoms with Gasteiger partial charge in [-0.1, -0.05) is 0 Å². The van der Waals surface area contributed by atoms with Crippen molar-refractivity contribution >= 4 is 49.5 Å². The van der Waals surface area contributed by atoms with Gasteiger partial charge in [-0.3, -0.25) is 0 Å². The average Bonchev–Trinajstić information content (AvgIpc) is 0.722. The van der Waals surface area contributed by atoms with Gasteiger partial charge in [0.05, 0.1) is 0 Å². The Morgan fingerprint density at radius 2 is 1.00 bits per heavy atom. The predicted molar refractivity (Wildman–Crippen MR) is 37.3 cm³/mol. The summed E-state index contributed by atoms with van der Waals surface area (Å²) in [5.74, 6) is 0. The molecule has 60 valence electrons. The molecule has 6 N–H and O–H groups in total. The Bertz CT molecular complexity index is 47.3. The van der Waals surface area contributed by atoms with E-state index in [4.69, 9.17) is 19.2 Å². The molecule has 0 bridgehead atoms. The molecule has 10 heteroatoms. The van der Waals surface area contributed by atoms with Gasteiger partial charge >= 0.3 is 83.5 Å². The first-order valence-corrected chi connectivity index (χ1v) is 2.68. The summed E-state index contributed by atoms with van der Waals surface area (Å²) in [6.07, 6.45) is 0. The van der Waals surface area contributed by atoms with Crippen molar-refractivity contribution in [2.45, 2.75) is 0 Å². The zero-order valence-corrected chi connectivity index (χ0v) is 11.5. The van der Waals surface area contributed by atoms with E-state index in [0.29, 0.717) is 0 Å². The first-order chi connectivity index (χ1) is 2.00. The second-order valence-corrected chi connectivity index (χ2v) is 1.80. The van der Waals surface area contributed by atoms with Gasteiger partial charge in [0.25, 0.3) is 0 Å². The Hall–Kier alpha value is 3.47. The van der Waals surface area contributed by atoms with Crippen molar-refractivity contribution < 1.29 is 97.4 Å². The molecule has 0 heterocycles. The number of hydrogen-bond donors (Lipinski definition) is 4. The van der Waals surface area contributed by atoms with E-state index >= 15 is 0 Å². The van der Waals surface area contributed by atoms with E-state index in [9.17, 15) is 0 Å². The quantitative estimate of drug-likeness (QED) is 0.326. The molecule has 10 heavy (non-hydrogen) atoms. The van der Waals surface area contributed by atoms with Crippen molar-refractivity contribution in [1.82, 2.24) is 0 Å². The third kappa shape index (κ3) is 104. The average molecular weight is 266 g/mol. The minimum absolute atomic E-state index is 0. The molecule has 0 aliphatic heterocycles. The van der Waals surface area contributed by atoms with Crippen molar-refractivity contribution in [2.75, 3.05) is 0 Å². The van der Waals surface area contributed by atoms with Crippen LogP contribution in [0.15, 0.2) is 0 Å². The maximum atomic E-state index is 7.33. The van der Waals surface area contributed by atoms with Gasteiger partial charge in [0.1, 0.15) is 0 Å². The predicted octanol–water partition coefficient (Wildman–Crippen LogP) is -7.66. The molecule has 0 aliphatic rings. The van der Waals surface area contributed by atoms with E-state index < -0.39 is 9.05 Å². The first kappa shape index (κ1) is 37.5. The topological polar surface area (TPSA) is 112 Å². The van der Waals surface area contributed by atoms with Crippen LogP contribution in [0.3, 0.4) is 0 Å². The standard InChI is InChI=1S/Al.Fe.K.Mg.H4O4Si.H2O.6H/c;;;;1-5(2,3)4;;;;;;;/h;;;;1-4H;1H2;;;;;;/q;;+1;+2;;;;;;3*-1. The molecule has 0 aliphatic carbocycles. The molecule has 5 nitrogen and oxygen atoms in total. The van der Waals surface area contributed by atoms with Gasteiger partial charge < -0.3 is 28.9 Å². The Morgan fingerprint density at radius 3 is 1.00 bits per heavy atom. The molecule has 0 aromatic carbocycles. The monoisotopic (exact) mass is 266 g/mol. The third-order valence-corrected chi connectivity index (χ3v) is 0. The maximum Gasteiger partial charge on any atom is 2.00 e. The Labute approximate surface area is 144 Å². The van der Waals surface area contributed by atoms with Crippen molar-refractivity contribution in [3.05, 3.63) is 0 Å². The normalized spacial score (nSPS) is 6.00. The van der Waals surface area contributed by atoms with Gasteiger partial charge in [-0.05, 0) is 0 Å². The molecule has 0 rings (SSSR count). The molecule has 0 radical (unpaired) electrons. The van der Waals surface area contributed by atoms with Crippen LogP contribution in [-0.4, -0.2) is 74.1 Å². The number of rotatable bonds is 0. The fourth-order valence-corrected chi connectivity index (χ4v) is 0. The van der Waals surface area contributed by atoms with Crippen molar-refractivity contribution in [1.29, 1.82) is 0 Å². The molecule has 0 spiro atoms. The third-order valence-electron chi connectivity index (χ3n) is 0. The van der Waals surface area contributed by atoms with Crippen LogP contribution in [0.5, 0.6) is 0 Å². The van der Waals surface area contributed by atoms with Crippen LogP contribution in [0, 0.1) is 0 Å². The van der Waals surface area contributed by atoms with E-state index in [1.165, 1.54) is 0 Å². The molecule has 0 saturated carbocycles. The van der Waals surface area contributed by atoms with Gasteiger partial charge in [0, 0.05) is 17.1 Å². The van der Waals surface area contributed by atoms with E-state index in [2.05, 4.69) is 0 Å². The molecule has 0 saturated heterocycles. The van der Waals surface area contributed by atoms with Crippen molar-refractivity contribution in [2.24, 2.45) is 0 Å². The van der Waals surface area contributed by atoms with Crippen LogP contribution < -0.4 is 51.4 Å². The minimum atomic E-state index is -4.61. The molecule has 0 fully saturated rings. The fraction of sp³-hybridized carbons (Fsp3) is 0. The van der Waals surface area contributed by atoms with E-state index in [1.54, 1.807) is 0 Å². The molecular weight excluding hydrogens is 254 g/mol. The van der Waals surface area contributed by atoms with Crippen LogP contribution >= 0.6 is 0 Å². The second kappa shape index (κ2) is 18.3. The van der Waals surface area contributed by atoms with Gasteiger partial charge in [0.15, 0.2) is 17.4 Å². The van der Waals surface area contributed by atoms with Crippen LogP contribution in [0.1, 0.15) is 4.28 Å². The minimum Gasteiger partial charge on any atom is -1.00 e. The Balaban J connectivity index is -0.00000000286. The Morgan fingerprint density at radius 1 is 1.00 bits per heavy atom. The smallest absolute Gasteiger partial charge is 1.00 e. The van der Waals surface area contributed by atoms with Crippen LogP contribution in [0.25, 0.3) is 0 Å². The molecule has 0 unspecified atom stereocenters. The molecular formula is H12AlFeKMgO5Si. The van der Waals surface area contributed by atoms with Crippen LogP contribution in [0.2, 0.25) is 0 Å². The van der Waals surface area contributed by atoms with Gasteiger partial charge in [-0.2, -0.15) is 0 Å². The SMILES string of the molecule is O.O[Si](O)(O)O.[AlH3].[Fe].[H-].[H-].[H-].[K+].[Mg+2]. The Kier molecular flexibility index (Phi) is 68.7. The van der Waals surface area contributed by atoms with E-state index in [1.807, 2.05) is 0 Å². The summed E-state index contributed by atoms with van der Waals surface area (Å²) in [6.45, 7) is 0. The summed E-state index contributed by atoms with van der Waals surface area (Å²) in [4.78, 5) is 29.3. The first-order valence-electron chi connectivity index (χ1n) is 0.894. The summed E-state index contributed by atoms with van der Waals surface area (Å²) in [7, 11) is -4.61.